The van der Waals surface area contributed by atoms with Crippen LogP contribution in [0.3, 0.4) is 0 Å². The quantitative estimate of drug-likeness (QED) is 0.786. The maximum absolute atomic E-state index is 12.9. The van der Waals surface area contributed by atoms with Gasteiger partial charge in [0.25, 0.3) is 11.5 Å². The maximum atomic E-state index is 12.9. The second kappa shape index (κ2) is 6.12. The number of carbonyl (C=O) groups is 1. The number of rotatable bonds is 4. The monoisotopic (exact) mass is 350 g/mol. The Morgan fingerprint density at radius 3 is 2.54 bits per heavy atom. The SMILES string of the molecule is Cc1nn(C)c(C)c1CNC(=O)c1cn(C2CC2)c(=O)c2ccccc12. The molecule has 1 aliphatic rings. The minimum Gasteiger partial charge on any atom is -0.348 e. The Morgan fingerprint density at radius 2 is 1.92 bits per heavy atom. The summed E-state index contributed by atoms with van der Waals surface area (Å²) < 4.78 is 3.54. The number of carbonyl (C=O) groups excluding carboxylic acids is 1. The largest absolute Gasteiger partial charge is 0.348 e. The molecule has 1 N–H and O–H groups in total. The Bertz CT molecular complexity index is 1070. The molecular weight excluding hydrogens is 328 g/mol. The normalized spacial score (nSPS) is 14.0. The predicted octanol–water partition coefficient (Wildman–Crippen LogP) is 2.62. The molecule has 26 heavy (non-hydrogen) atoms. The fourth-order valence-electron chi connectivity index (χ4n) is 3.45. The van der Waals surface area contributed by atoms with Crippen LogP contribution in [0.25, 0.3) is 10.8 Å². The van der Waals surface area contributed by atoms with Crippen LogP contribution in [0.2, 0.25) is 0 Å². The van der Waals surface area contributed by atoms with Crippen LogP contribution in [-0.4, -0.2) is 20.3 Å². The molecule has 0 unspecified atom stereocenters. The summed E-state index contributed by atoms with van der Waals surface area (Å²) >= 11 is 0. The van der Waals surface area contributed by atoms with Crippen LogP contribution in [-0.2, 0) is 13.6 Å². The lowest BCUT2D eigenvalue weighted by molar-refractivity contribution is 0.0951. The summed E-state index contributed by atoms with van der Waals surface area (Å²) in [6, 6.07) is 7.55. The number of hydrogen-bond acceptors (Lipinski definition) is 3. The van der Waals surface area contributed by atoms with E-state index in [0.717, 1.165) is 29.8 Å². The molecule has 4 rings (SSSR count). The van der Waals surface area contributed by atoms with E-state index in [-0.39, 0.29) is 17.5 Å². The molecule has 1 amide bonds. The van der Waals surface area contributed by atoms with Gasteiger partial charge in [0.15, 0.2) is 0 Å². The fourth-order valence-corrected chi connectivity index (χ4v) is 3.45. The van der Waals surface area contributed by atoms with Crippen molar-refractivity contribution >= 4 is 16.7 Å². The van der Waals surface area contributed by atoms with Gasteiger partial charge in [-0.2, -0.15) is 5.10 Å². The topological polar surface area (TPSA) is 68.9 Å². The summed E-state index contributed by atoms with van der Waals surface area (Å²) in [5.74, 6) is -0.168. The van der Waals surface area contributed by atoms with Crippen molar-refractivity contribution in [2.24, 2.45) is 7.05 Å². The molecule has 1 aliphatic carbocycles. The first-order valence-electron chi connectivity index (χ1n) is 8.88. The van der Waals surface area contributed by atoms with Crippen molar-refractivity contribution in [2.75, 3.05) is 0 Å². The standard InChI is InChI=1S/C20H22N4O2/c1-12-17(13(2)23(3)22-12)10-21-19(25)18-11-24(14-8-9-14)20(26)16-7-5-4-6-15(16)18/h4-7,11,14H,8-10H2,1-3H3,(H,21,25). The molecule has 1 aromatic carbocycles. The van der Waals surface area contributed by atoms with E-state index in [1.807, 2.05) is 43.8 Å². The van der Waals surface area contributed by atoms with Gasteiger partial charge in [0, 0.05) is 47.9 Å². The fraction of sp³-hybridized carbons (Fsp3) is 0.350. The molecule has 2 heterocycles. The number of nitrogens with one attached hydrogen (secondary N) is 1. The highest BCUT2D eigenvalue weighted by Crippen LogP contribution is 2.34. The minimum atomic E-state index is -0.168. The number of aromatic nitrogens is 3. The summed E-state index contributed by atoms with van der Waals surface area (Å²) in [6.07, 6.45) is 3.71. The molecule has 6 heteroatoms. The highest BCUT2D eigenvalue weighted by atomic mass is 16.2. The first-order valence-corrected chi connectivity index (χ1v) is 8.88. The van der Waals surface area contributed by atoms with Gasteiger partial charge in [-0.05, 0) is 32.8 Å². The predicted molar refractivity (Wildman–Crippen MR) is 100 cm³/mol. The van der Waals surface area contributed by atoms with E-state index in [1.165, 1.54) is 0 Å². The average molecular weight is 350 g/mol. The Morgan fingerprint density at radius 1 is 1.23 bits per heavy atom. The first-order chi connectivity index (χ1) is 12.5. The summed E-state index contributed by atoms with van der Waals surface area (Å²) in [6.45, 7) is 4.35. The van der Waals surface area contributed by atoms with E-state index < -0.39 is 0 Å². The molecule has 0 saturated heterocycles. The van der Waals surface area contributed by atoms with Gasteiger partial charge < -0.3 is 9.88 Å². The molecule has 0 bridgehead atoms. The number of amides is 1. The molecule has 0 radical (unpaired) electrons. The number of hydrogen-bond donors (Lipinski definition) is 1. The smallest absolute Gasteiger partial charge is 0.258 e. The van der Waals surface area contributed by atoms with Crippen LogP contribution in [0.5, 0.6) is 0 Å². The summed E-state index contributed by atoms with van der Waals surface area (Å²) in [5.41, 5.74) is 3.51. The minimum absolute atomic E-state index is 0.0152. The third kappa shape index (κ3) is 2.71. The van der Waals surface area contributed by atoms with E-state index in [0.29, 0.717) is 22.9 Å². The molecule has 2 aromatic heterocycles. The first kappa shape index (κ1) is 16.6. The number of aryl methyl sites for hydroxylation is 2. The Hall–Kier alpha value is -2.89. The Kier molecular flexibility index (Phi) is 3.90. The van der Waals surface area contributed by atoms with Crippen molar-refractivity contribution in [3.05, 3.63) is 63.3 Å². The van der Waals surface area contributed by atoms with Crippen molar-refractivity contribution in [2.45, 2.75) is 39.3 Å². The van der Waals surface area contributed by atoms with Crippen LogP contribution in [0.4, 0.5) is 0 Å². The van der Waals surface area contributed by atoms with Gasteiger partial charge in [0.2, 0.25) is 0 Å². The number of fused-ring (bicyclic) bond motifs is 1. The van der Waals surface area contributed by atoms with E-state index in [4.69, 9.17) is 0 Å². The molecular formula is C20H22N4O2. The van der Waals surface area contributed by atoms with Crippen LogP contribution in [0.15, 0.2) is 35.3 Å². The molecule has 134 valence electrons. The van der Waals surface area contributed by atoms with E-state index in [1.54, 1.807) is 16.8 Å². The number of benzene rings is 1. The van der Waals surface area contributed by atoms with Crippen LogP contribution in [0.1, 0.15) is 46.2 Å². The lowest BCUT2D eigenvalue weighted by atomic mass is 10.1. The number of nitrogens with zero attached hydrogens (tertiary/aromatic N) is 3. The van der Waals surface area contributed by atoms with Crippen LogP contribution in [0, 0.1) is 13.8 Å². The molecule has 6 nitrogen and oxygen atoms in total. The Balaban J connectivity index is 1.70. The Labute approximate surface area is 151 Å². The van der Waals surface area contributed by atoms with Crippen molar-refractivity contribution < 1.29 is 4.79 Å². The van der Waals surface area contributed by atoms with Crippen molar-refractivity contribution in [3.63, 3.8) is 0 Å². The lowest BCUT2D eigenvalue weighted by Crippen LogP contribution is -2.27. The van der Waals surface area contributed by atoms with Crippen LogP contribution >= 0.6 is 0 Å². The zero-order chi connectivity index (χ0) is 18.4. The van der Waals surface area contributed by atoms with E-state index in [2.05, 4.69) is 10.4 Å². The maximum Gasteiger partial charge on any atom is 0.258 e. The second-order valence-corrected chi connectivity index (χ2v) is 6.99. The highest BCUT2D eigenvalue weighted by Gasteiger charge is 2.27. The van der Waals surface area contributed by atoms with Gasteiger partial charge >= 0.3 is 0 Å². The average Bonchev–Trinajstić information content (AvgIpc) is 3.43. The van der Waals surface area contributed by atoms with Crippen LogP contribution < -0.4 is 10.9 Å². The third-order valence-electron chi connectivity index (χ3n) is 5.22. The van der Waals surface area contributed by atoms with Crippen molar-refractivity contribution in [1.82, 2.24) is 19.7 Å². The van der Waals surface area contributed by atoms with Crippen molar-refractivity contribution in [3.8, 4) is 0 Å². The van der Waals surface area contributed by atoms with E-state index >= 15 is 0 Å². The van der Waals surface area contributed by atoms with Crippen molar-refractivity contribution in [1.29, 1.82) is 0 Å². The molecule has 1 saturated carbocycles. The summed E-state index contributed by atoms with van der Waals surface area (Å²) in [7, 11) is 1.90. The van der Waals surface area contributed by atoms with Gasteiger partial charge in [-0.25, -0.2) is 0 Å². The molecule has 3 aromatic rings. The molecule has 1 fully saturated rings. The zero-order valence-corrected chi connectivity index (χ0v) is 15.2. The van der Waals surface area contributed by atoms with E-state index in [9.17, 15) is 9.59 Å². The lowest BCUT2D eigenvalue weighted by Gasteiger charge is -2.12. The highest BCUT2D eigenvalue weighted by molar-refractivity contribution is 6.06. The molecule has 0 spiro atoms. The van der Waals surface area contributed by atoms with Gasteiger partial charge in [-0.1, -0.05) is 18.2 Å². The summed E-state index contributed by atoms with van der Waals surface area (Å²) in [5, 5.41) is 8.69. The summed E-state index contributed by atoms with van der Waals surface area (Å²) in [4.78, 5) is 25.6. The second-order valence-electron chi connectivity index (χ2n) is 6.99. The van der Waals surface area contributed by atoms with Gasteiger partial charge in [-0.3, -0.25) is 14.3 Å². The van der Waals surface area contributed by atoms with Gasteiger partial charge in [-0.15, -0.1) is 0 Å². The molecule has 0 aliphatic heterocycles. The third-order valence-corrected chi connectivity index (χ3v) is 5.22. The van der Waals surface area contributed by atoms with Gasteiger partial charge in [0.1, 0.15) is 0 Å². The van der Waals surface area contributed by atoms with Gasteiger partial charge in [0.05, 0.1) is 11.3 Å². The molecule has 0 atom stereocenters. The number of pyridine rings is 1. The zero-order valence-electron chi connectivity index (χ0n) is 15.2.